The lowest BCUT2D eigenvalue weighted by molar-refractivity contribution is -0.0473. The molecular weight excluding hydrogens is 216 g/mol. The van der Waals surface area contributed by atoms with E-state index in [9.17, 15) is 0 Å². The van der Waals surface area contributed by atoms with Gasteiger partial charge >= 0.3 is 0 Å². The molecule has 1 aromatic rings. The second-order valence-electron chi connectivity index (χ2n) is 3.51. The molecule has 0 heterocycles. The maximum atomic E-state index is 5.40. The second-order valence-corrected chi connectivity index (χ2v) is 7.24. The highest BCUT2D eigenvalue weighted by molar-refractivity contribution is 7.00. The summed E-state index contributed by atoms with van der Waals surface area (Å²) in [7, 11) is 1.12. The summed E-state index contributed by atoms with van der Waals surface area (Å²) in [5.41, 5.74) is 3.88. The molecule has 0 saturated carbocycles. The Hall–Kier alpha value is -1.16. The molecule has 16 heavy (non-hydrogen) atoms. The molecule has 0 radical (unpaired) electrons. The zero-order valence-corrected chi connectivity index (χ0v) is 10.8. The van der Waals surface area contributed by atoms with Crippen molar-refractivity contribution < 1.29 is 9.47 Å². The number of hydrogen-bond donors (Lipinski definition) is 0. The van der Waals surface area contributed by atoms with Crippen LogP contribution in [0.15, 0.2) is 54.9 Å². The van der Waals surface area contributed by atoms with Crippen LogP contribution in [0.25, 0.3) is 0 Å². The van der Waals surface area contributed by atoms with Gasteiger partial charge in [-0.1, -0.05) is 41.7 Å². The molecule has 0 amide bonds. The molecule has 1 aromatic carbocycles. The van der Waals surface area contributed by atoms with E-state index in [0.29, 0.717) is 0 Å². The first kappa shape index (κ1) is 12.9. The average molecular weight is 234 g/mol. The van der Waals surface area contributed by atoms with Crippen LogP contribution in [0, 0.1) is 0 Å². The van der Waals surface area contributed by atoms with Crippen molar-refractivity contribution in [3.05, 3.63) is 54.9 Å². The van der Waals surface area contributed by atoms with Gasteiger partial charge in [0.15, 0.2) is 14.0 Å². The van der Waals surface area contributed by atoms with Crippen LogP contribution >= 0.6 is 0 Å². The quantitative estimate of drug-likeness (QED) is 0.553. The van der Waals surface area contributed by atoms with E-state index >= 15 is 0 Å². The fourth-order valence-corrected chi connectivity index (χ4v) is 4.71. The largest absolute Gasteiger partial charge is 0.358 e. The first-order valence-electron chi connectivity index (χ1n) is 5.13. The van der Waals surface area contributed by atoms with Crippen LogP contribution in [-0.4, -0.2) is 28.2 Å². The minimum atomic E-state index is -2.17. The molecule has 2 nitrogen and oxygen atoms in total. The molecule has 0 aromatic heterocycles. The molecule has 0 aliphatic rings. The molecule has 0 unspecified atom stereocenters. The van der Waals surface area contributed by atoms with E-state index in [0.717, 1.165) is 0 Å². The van der Waals surface area contributed by atoms with Gasteiger partial charge in [0.05, 0.1) is 0 Å². The maximum Gasteiger partial charge on any atom is 0.197 e. The Kier molecular flexibility index (Phi) is 4.67. The monoisotopic (exact) mass is 234 g/mol. The Morgan fingerprint density at radius 3 is 1.94 bits per heavy atom. The van der Waals surface area contributed by atoms with Gasteiger partial charge in [0.2, 0.25) is 0 Å². The molecule has 0 spiro atoms. The zero-order valence-electron chi connectivity index (χ0n) is 9.85. The zero-order chi connectivity index (χ0) is 12.0. The molecule has 0 saturated heterocycles. The van der Waals surface area contributed by atoms with Crippen molar-refractivity contribution in [3.63, 3.8) is 0 Å². The summed E-state index contributed by atoms with van der Waals surface area (Å²) in [5.74, 6) is -0.287. The molecule has 0 N–H and O–H groups in total. The second kappa shape index (κ2) is 5.79. The number of methoxy groups -OCH3 is 2. The summed E-state index contributed by atoms with van der Waals surface area (Å²) >= 11 is 0. The third kappa shape index (κ3) is 2.16. The molecule has 3 heteroatoms. The van der Waals surface area contributed by atoms with Crippen LogP contribution in [0.4, 0.5) is 0 Å². The van der Waals surface area contributed by atoms with Crippen LogP contribution in [0.2, 0.25) is 0 Å². The number of rotatable bonds is 6. The van der Waals surface area contributed by atoms with Crippen molar-refractivity contribution in [2.45, 2.75) is 5.91 Å². The van der Waals surface area contributed by atoms with Gasteiger partial charge in [0.1, 0.15) is 0 Å². The topological polar surface area (TPSA) is 18.5 Å². The third-order valence-electron chi connectivity index (χ3n) is 2.77. The van der Waals surface area contributed by atoms with Crippen molar-refractivity contribution in [1.82, 2.24) is 0 Å². The highest BCUT2D eigenvalue weighted by Crippen LogP contribution is 2.15. The fourth-order valence-electron chi connectivity index (χ4n) is 1.86. The summed E-state index contributed by atoms with van der Waals surface area (Å²) < 4.78 is 10.8. The van der Waals surface area contributed by atoms with E-state index in [1.165, 1.54) is 5.19 Å². The normalized spacial score (nSPS) is 11.4. The lowest BCUT2D eigenvalue weighted by atomic mass is 10.4. The molecular formula is C13H18O2Si. The molecule has 0 aliphatic carbocycles. The third-order valence-corrected chi connectivity index (χ3v) is 6.70. The smallest absolute Gasteiger partial charge is 0.197 e. The van der Waals surface area contributed by atoms with Gasteiger partial charge in [-0.2, -0.15) is 0 Å². The lowest BCUT2D eigenvalue weighted by Gasteiger charge is -2.31. The predicted molar refractivity (Wildman–Crippen MR) is 70.0 cm³/mol. The van der Waals surface area contributed by atoms with Crippen LogP contribution in [0.3, 0.4) is 0 Å². The molecule has 0 fully saturated rings. The summed E-state index contributed by atoms with van der Waals surface area (Å²) in [4.78, 5) is 0. The molecule has 1 rings (SSSR count). The molecule has 86 valence electrons. The highest BCUT2D eigenvalue weighted by atomic mass is 28.3. The first-order valence-corrected chi connectivity index (χ1v) is 7.36. The Balaban J connectivity index is 3.25. The molecule has 0 bridgehead atoms. The highest BCUT2D eigenvalue weighted by Gasteiger charge is 2.38. The van der Waals surface area contributed by atoms with E-state index in [-0.39, 0.29) is 5.91 Å². The average Bonchev–Trinajstić information content (AvgIpc) is 2.37. The minimum Gasteiger partial charge on any atom is -0.358 e. The summed E-state index contributed by atoms with van der Waals surface area (Å²) in [6.45, 7) is 7.86. The predicted octanol–water partition coefficient (Wildman–Crippen LogP) is 1.95. The van der Waals surface area contributed by atoms with Crippen LogP contribution in [0.5, 0.6) is 0 Å². The van der Waals surface area contributed by atoms with Crippen LogP contribution < -0.4 is 5.19 Å². The van der Waals surface area contributed by atoms with Gasteiger partial charge in [-0.05, 0) is 5.19 Å². The Morgan fingerprint density at radius 2 is 1.56 bits per heavy atom. The van der Waals surface area contributed by atoms with Crippen LogP contribution in [0.1, 0.15) is 0 Å². The van der Waals surface area contributed by atoms with E-state index in [2.05, 4.69) is 25.3 Å². The Labute approximate surface area is 98.2 Å². The number of ether oxygens (including phenoxy) is 2. The Morgan fingerprint density at radius 1 is 1.06 bits per heavy atom. The van der Waals surface area contributed by atoms with E-state index < -0.39 is 8.07 Å². The summed E-state index contributed by atoms with van der Waals surface area (Å²) in [6.07, 6.45) is 0. The van der Waals surface area contributed by atoms with Crippen LogP contribution in [-0.2, 0) is 9.47 Å². The SMILES string of the molecule is C=C[Si](C=C)(c1ccccc1)C(OC)OC. The van der Waals surface area contributed by atoms with Crippen molar-refractivity contribution in [3.8, 4) is 0 Å². The first-order chi connectivity index (χ1) is 7.75. The van der Waals surface area contributed by atoms with Gasteiger partial charge < -0.3 is 9.47 Å². The van der Waals surface area contributed by atoms with Gasteiger partial charge in [0.25, 0.3) is 0 Å². The van der Waals surface area contributed by atoms with E-state index in [1.54, 1.807) is 14.2 Å². The van der Waals surface area contributed by atoms with Gasteiger partial charge in [-0.25, -0.2) is 0 Å². The standard InChI is InChI=1S/C13H18O2Si/c1-5-16(6-2,13(14-3)15-4)12-10-8-7-9-11-12/h5-11,13H,1-2H2,3-4H3. The van der Waals surface area contributed by atoms with Gasteiger partial charge in [-0.3, -0.25) is 0 Å². The van der Waals surface area contributed by atoms with Crippen molar-refractivity contribution in [2.75, 3.05) is 14.2 Å². The van der Waals surface area contributed by atoms with Gasteiger partial charge in [-0.15, -0.1) is 13.2 Å². The Bertz CT molecular complexity index is 336. The number of benzene rings is 1. The maximum absolute atomic E-state index is 5.40. The number of hydrogen-bond acceptors (Lipinski definition) is 2. The fraction of sp³-hybridized carbons (Fsp3) is 0.231. The minimum absolute atomic E-state index is 0.287. The summed E-state index contributed by atoms with van der Waals surface area (Å²) in [6, 6.07) is 10.1. The van der Waals surface area contributed by atoms with Crippen molar-refractivity contribution in [1.29, 1.82) is 0 Å². The molecule has 0 aliphatic heterocycles. The van der Waals surface area contributed by atoms with E-state index in [4.69, 9.17) is 9.47 Å². The lowest BCUT2D eigenvalue weighted by Crippen LogP contribution is -2.56. The van der Waals surface area contributed by atoms with Gasteiger partial charge in [0, 0.05) is 14.2 Å². The summed E-state index contributed by atoms with van der Waals surface area (Å²) in [5, 5.41) is 1.19. The molecule has 0 atom stereocenters. The van der Waals surface area contributed by atoms with Crippen molar-refractivity contribution >= 4 is 13.3 Å². The van der Waals surface area contributed by atoms with Crippen molar-refractivity contribution in [2.24, 2.45) is 0 Å². The van der Waals surface area contributed by atoms with E-state index in [1.807, 2.05) is 29.6 Å².